The Hall–Kier alpha value is -2.85. The maximum absolute atomic E-state index is 13.8. The molecule has 1 atom stereocenters. The van der Waals surface area contributed by atoms with E-state index in [1.807, 2.05) is 36.1 Å². The molecule has 11 heteroatoms. The number of carbonyl (C=O) groups is 1. The fourth-order valence-corrected chi connectivity index (χ4v) is 6.15. The van der Waals surface area contributed by atoms with Crippen LogP contribution in [0.2, 0.25) is 5.02 Å². The highest BCUT2D eigenvalue weighted by Gasteiger charge is 2.31. The molecule has 1 N–H and O–H groups in total. The first-order valence-corrected chi connectivity index (χ1v) is 14.3. The first-order chi connectivity index (χ1) is 18.2. The van der Waals surface area contributed by atoms with E-state index in [9.17, 15) is 14.7 Å². The van der Waals surface area contributed by atoms with Crippen molar-refractivity contribution in [2.75, 3.05) is 42.5 Å². The zero-order valence-electron chi connectivity index (χ0n) is 21.8. The van der Waals surface area contributed by atoms with E-state index < -0.39 is 11.8 Å². The van der Waals surface area contributed by atoms with Crippen molar-refractivity contribution < 1.29 is 9.90 Å². The Morgan fingerprint density at radius 2 is 1.82 bits per heavy atom. The lowest BCUT2D eigenvalue weighted by atomic mass is 10.0. The van der Waals surface area contributed by atoms with E-state index in [2.05, 4.69) is 39.7 Å². The summed E-state index contributed by atoms with van der Waals surface area (Å²) in [5, 5.41) is 10.7. The number of carboxylic acid groups (broad SMARTS) is 1. The van der Waals surface area contributed by atoms with E-state index in [0.717, 1.165) is 41.7 Å². The fourth-order valence-electron chi connectivity index (χ4n) is 5.50. The molecule has 0 radical (unpaired) electrons. The smallest absolute Gasteiger partial charge is 0.407 e. The summed E-state index contributed by atoms with van der Waals surface area (Å²) in [6.07, 6.45) is 2.37. The Labute approximate surface area is 235 Å². The molecule has 1 amide bonds. The zero-order chi connectivity index (χ0) is 27.1. The van der Waals surface area contributed by atoms with E-state index in [1.165, 1.54) is 11.3 Å². The molecule has 0 spiro atoms. The predicted octanol–water partition coefficient (Wildman–Crippen LogP) is 5.50. The number of piperidine rings is 1. The highest BCUT2D eigenvalue weighted by Crippen LogP contribution is 2.36. The summed E-state index contributed by atoms with van der Waals surface area (Å²) in [6, 6.07) is 7.57. The number of nitrogens with zero attached hydrogens (tertiary/aromatic N) is 6. The number of hydrogen-bond acceptors (Lipinski definition) is 6. The van der Waals surface area contributed by atoms with Crippen LogP contribution in [-0.2, 0) is 0 Å². The van der Waals surface area contributed by atoms with E-state index in [-0.39, 0.29) is 12.0 Å². The third-order valence-corrected chi connectivity index (χ3v) is 8.23. The van der Waals surface area contributed by atoms with Crippen LogP contribution in [0, 0.1) is 0 Å². The Bertz CT molecular complexity index is 1440. The van der Waals surface area contributed by atoms with Crippen LogP contribution >= 0.6 is 27.5 Å². The molecule has 2 aromatic heterocycles. The van der Waals surface area contributed by atoms with Crippen molar-refractivity contribution in [1.82, 2.24) is 19.4 Å². The number of halogens is 2. The van der Waals surface area contributed by atoms with Crippen LogP contribution in [-0.4, -0.2) is 69.4 Å². The van der Waals surface area contributed by atoms with Gasteiger partial charge < -0.3 is 19.8 Å². The quantitative estimate of drug-likeness (QED) is 0.421. The Kier molecular flexibility index (Phi) is 7.55. The number of amides is 1. The predicted molar refractivity (Wildman–Crippen MR) is 154 cm³/mol. The molecule has 1 aromatic carbocycles. The maximum Gasteiger partial charge on any atom is 0.407 e. The number of aromatic nitrogens is 3. The molecule has 0 bridgehead atoms. The largest absolute Gasteiger partial charge is 0.465 e. The Balaban J connectivity index is 1.75. The molecular formula is C27H32BrClN6O3. The summed E-state index contributed by atoms with van der Waals surface area (Å²) in [7, 11) is 0. The van der Waals surface area contributed by atoms with Crippen LogP contribution in [0.1, 0.15) is 51.5 Å². The van der Waals surface area contributed by atoms with Gasteiger partial charge in [-0.25, -0.2) is 19.1 Å². The first-order valence-electron chi connectivity index (χ1n) is 13.1. The second kappa shape index (κ2) is 10.7. The number of fused-ring (bicyclic) bond motifs is 1. The number of piperazine rings is 1. The molecule has 0 aliphatic carbocycles. The molecule has 5 rings (SSSR count). The van der Waals surface area contributed by atoms with E-state index >= 15 is 0 Å². The van der Waals surface area contributed by atoms with Gasteiger partial charge in [-0.1, -0.05) is 41.4 Å². The van der Waals surface area contributed by atoms with Gasteiger partial charge >= 0.3 is 11.8 Å². The van der Waals surface area contributed by atoms with Crippen molar-refractivity contribution in [1.29, 1.82) is 0 Å². The average Bonchev–Trinajstić information content (AvgIpc) is 2.89. The molecule has 9 nitrogen and oxygen atoms in total. The van der Waals surface area contributed by atoms with Crippen LogP contribution in [0.3, 0.4) is 0 Å². The first kappa shape index (κ1) is 26.7. The number of pyridine rings is 1. The molecule has 4 heterocycles. The van der Waals surface area contributed by atoms with Crippen molar-refractivity contribution >= 4 is 56.3 Å². The summed E-state index contributed by atoms with van der Waals surface area (Å²) < 4.78 is 2.53. The average molecular weight is 604 g/mol. The summed E-state index contributed by atoms with van der Waals surface area (Å²) in [6.45, 7) is 8.91. The number of anilines is 2. The summed E-state index contributed by atoms with van der Waals surface area (Å²) in [5.74, 6) is 1.32. The van der Waals surface area contributed by atoms with Crippen LogP contribution in [0.4, 0.5) is 16.4 Å². The lowest BCUT2D eigenvalue weighted by molar-refractivity contribution is 0.136. The van der Waals surface area contributed by atoms with Crippen molar-refractivity contribution in [3.8, 4) is 5.69 Å². The van der Waals surface area contributed by atoms with Gasteiger partial charge in [-0.05, 0) is 61.9 Å². The highest BCUT2D eigenvalue weighted by molar-refractivity contribution is 9.10. The maximum atomic E-state index is 13.8. The van der Waals surface area contributed by atoms with Gasteiger partial charge in [0.1, 0.15) is 11.6 Å². The number of hydrogen-bond donors (Lipinski definition) is 1. The summed E-state index contributed by atoms with van der Waals surface area (Å²) >= 11 is 10.4. The summed E-state index contributed by atoms with van der Waals surface area (Å²) in [5.41, 5.74) is 1.81. The van der Waals surface area contributed by atoms with Crippen LogP contribution in [0.5, 0.6) is 0 Å². The minimum absolute atomic E-state index is 0.155. The zero-order valence-corrected chi connectivity index (χ0v) is 24.2. The highest BCUT2D eigenvalue weighted by atomic mass is 79.9. The van der Waals surface area contributed by atoms with Gasteiger partial charge in [0, 0.05) is 43.2 Å². The Morgan fingerprint density at radius 3 is 2.47 bits per heavy atom. The van der Waals surface area contributed by atoms with Gasteiger partial charge in [0.15, 0.2) is 5.65 Å². The summed E-state index contributed by atoms with van der Waals surface area (Å²) in [4.78, 5) is 40.6. The second-order valence-electron chi connectivity index (χ2n) is 10.4. The van der Waals surface area contributed by atoms with Gasteiger partial charge in [-0.15, -0.1) is 0 Å². The topological polar surface area (TPSA) is 94.8 Å². The molecular weight excluding hydrogens is 572 g/mol. The molecule has 2 fully saturated rings. The second-order valence-corrected chi connectivity index (χ2v) is 11.7. The SMILES string of the molecule is CC(C)c1cc(Br)ccc1-n1c(=O)nc(N2CCN(C(=O)O)CC2C)c2cc(Cl)c(N3CCCCC3)nc21. The monoisotopic (exact) mass is 602 g/mol. The minimum atomic E-state index is -0.947. The normalized spacial score (nSPS) is 18.5. The van der Waals surface area contributed by atoms with Crippen LogP contribution in [0.15, 0.2) is 33.5 Å². The van der Waals surface area contributed by atoms with E-state index in [4.69, 9.17) is 16.6 Å². The molecule has 38 heavy (non-hydrogen) atoms. The fraction of sp³-hybridized carbons (Fsp3) is 0.481. The van der Waals surface area contributed by atoms with Crippen molar-refractivity contribution in [2.24, 2.45) is 0 Å². The van der Waals surface area contributed by atoms with Gasteiger partial charge in [0.05, 0.1) is 16.1 Å². The molecule has 1 unspecified atom stereocenters. The van der Waals surface area contributed by atoms with Gasteiger partial charge in [0.2, 0.25) is 0 Å². The molecule has 2 saturated heterocycles. The number of rotatable bonds is 4. The van der Waals surface area contributed by atoms with Gasteiger partial charge in [-0.3, -0.25) is 0 Å². The Morgan fingerprint density at radius 1 is 1.08 bits per heavy atom. The molecule has 0 saturated carbocycles. The van der Waals surface area contributed by atoms with E-state index in [0.29, 0.717) is 47.3 Å². The van der Waals surface area contributed by atoms with Gasteiger partial charge in [-0.2, -0.15) is 4.98 Å². The third-order valence-electron chi connectivity index (χ3n) is 7.46. The van der Waals surface area contributed by atoms with E-state index in [1.54, 1.807) is 4.57 Å². The van der Waals surface area contributed by atoms with Crippen molar-refractivity contribution in [3.05, 3.63) is 49.8 Å². The van der Waals surface area contributed by atoms with Crippen LogP contribution in [0.25, 0.3) is 16.7 Å². The van der Waals surface area contributed by atoms with Crippen molar-refractivity contribution in [3.63, 3.8) is 0 Å². The van der Waals surface area contributed by atoms with Gasteiger partial charge in [0.25, 0.3) is 0 Å². The molecule has 3 aromatic rings. The van der Waals surface area contributed by atoms with Crippen molar-refractivity contribution in [2.45, 2.75) is 52.0 Å². The number of benzene rings is 1. The lowest BCUT2D eigenvalue weighted by Crippen LogP contribution is -2.54. The molecule has 2 aliphatic heterocycles. The minimum Gasteiger partial charge on any atom is -0.465 e. The van der Waals surface area contributed by atoms with Crippen LogP contribution < -0.4 is 15.5 Å². The molecule has 2 aliphatic rings. The standard InChI is InChI=1S/C27H32BrClN6O3/c1-16(2)19-13-18(28)7-8-22(19)35-24-20(14-21(29)25(30-24)32-9-5-4-6-10-32)23(31-26(35)36)34-12-11-33(27(37)38)15-17(34)3/h7-8,13-14,16-17H,4-6,9-12,15H2,1-3H3,(H,37,38). The third kappa shape index (κ3) is 4.96. The lowest BCUT2D eigenvalue weighted by Gasteiger charge is -2.39. The molecule has 202 valence electrons.